The van der Waals surface area contributed by atoms with Crippen LogP contribution < -0.4 is 15.4 Å². The molecule has 0 saturated heterocycles. The molecule has 0 aliphatic carbocycles. The summed E-state index contributed by atoms with van der Waals surface area (Å²) >= 11 is 1.05. The van der Waals surface area contributed by atoms with Crippen molar-refractivity contribution in [3.8, 4) is 5.75 Å². The van der Waals surface area contributed by atoms with E-state index in [0.717, 1.165) is 11.3 Å². The first-order chi connectivity index (χ1) is 9.61. The summed E-state index contributed by atoms with van der Waals surface area (Å²) in [6, 6.07) is 7.94. The fraction of sp³-hybridized carbons (Fsp3) is 0.0769. The predicted octanol–water partition coefficient (Wildman–Crippen LogP) is 3.10. The highest BCUT2D eigenvalue weighted by atomic mass is 32.1. The maximum absolute atomic E-state index is 11.9. The van der Waals surface area contributed by atoms with Crippen LogP contribution in [0.1, 0.15) is 9.67 Å². The van der Waals surface area contributed by atoms with Gasteiger partial charge in [-0.1, -0.05) is 12.1 Å². The fourth-order valence-corrected chi connectivity index (χ4v) is 2.28. The zero-order chi connectivity index (χ0) is 14.5. The first kappa shape index (κ1) is 13.9. The second-order valence-corrected chi connectivity index (χ2v) is 4.66. The van der Waals surface area contributed by atoms with Gasteiger partial charge in [0.1, 0.15) is 10.6 Å². The van der Waals surface area contributed by atoms with Gasteiger partial charge >= 0.3 is 12.0 Å². The number of hydrogen-bond acceptors (Lipinski definition) is 4. The summed E-state index contributed by atoms with van der Waals surface area (Å²) < 4.78 is 5.11. The maximum atomic E-state index is 11.9. The zero-order valence-electron chi connectivity index (χ0n) is 10.5. The van der Waals surface area contributed by atoms with Crippen molar-refractivity contribution in [2.75, 3.05) is 17.7 Å². The molecule has 0 fully saturated rings. The van der Waals surface area contributed by atoms with Crippen LogP contribution in [0, 0.1) is 0 Å². The van der Waals surface area contributed by atoms with Crippen molar-refractivity contribution < 1.29 is 19.4 Å². The summed E-state index contributed by atoms with van der Waals surface area (Å²) in [6.07, 6.45) is 0. The van der Waals surface area contributed by atoms with Crippen LogP contribution in [-0.2, 0) is 0 Å². The maximum Gasteiger partial charge on any atom is 0.348 e. The van der Waals surface area contributed by atoms with Gasteiger partial charge in [-0.05, 0) is 23.6 Å². The van der Waals surface area contributed by atoms with E-state index >= 15 is 0 Å². The molecule has 0 aliphatic heterocycles. The van der Waals surface area contributed by atoms with E-state index < -0.39 is 12.0 Å². The number of urea groups is 1. The number of nitrogens with one attached hydrogen (secondary N) is 2. The minimum atomic E-state index is -1.08. The number of para-hydroxylation sites is 2. The molecule has 1 aromatic heterocycles. The van der Waals surface area contributed by atoms with Gasteiger partial charge in [0.05, 0.1) is 18.5 Å². The van der Waals surface area contributed by atoms with E-state index in [4.69, 9.17) is 9.84 Å². The Kier molecular flexibility index (Phi) is 4.21. The van der Waals surface area contributed by atoms with Crippen molar-refractivity contribution in [2.24, 2.45) is 0 Å². The summed E-state index contributed by atoms with van der Waals surface area (Å²) in [4.78, 5) is 22.9. The number of carbonyl (C=O) groups excluding carboxylic acids is 1. The molecule has 0 spiro atoms. The van der Waals surface area contributed by atoms with Gasteiger partial charge in [-0.3, -0.25) is 0 Å². The van der Waals surface area contributed by atoms with E-state index in [1.165, 1.54) is 13.2 Å². The molecule has 6 nitrogen and oxygen atoms in total. The van der Waals surface area contributed by atoms with Crippen LogP contribution in [0.15, 0.2) is 35.7 Å². The second kappa shape index (κ2) is 6.07. The predicted molar refractivity (Wildman–Crippen MR) is 76.9 cm³/mol. The quantitative estimate of drug-likeness (QED) is 0.808. The molecule has 7 heteroatoms. The van der Waals surface area contributed by atoms with E-state index in [9.17, 15) is 9.59 Å². The molecular weight excluding hydrogens is 280 g/mol. The molecule has 1 heterocycles. The molecule has 0 unspecified atom stereocenters. The van der Waals surface area contributed by atoms with Crippen LogP contribution in [0.2, 0.25) is 0 Å². The smallest absolute Gasteiger partial charge is 0.348 e. The first-order valence-corrected chi connectivity index (χ1v) is 6.51. The lowest BCUT2D eigenvalue weighted by molar-refractivity contribution is 0.0703. The SMILES string of the molecule is COc1ccccc1NC(=O)Nc1ccsc1C(=O)O. The summed E-state index contributed by atoms with van der Waals surface area (Å²) in [5.41, 5.74) is 0.759. The number of carboxylic acids is 1. The number of aromatic carboxylic acids is 1. The Balaban J connectivity index is 2.09. The molecule has 0 atom stereocenters. The molecule has 2 amide bonds. The lowest BCUT2D eigenvalue weighted by Gasteiger charge is -2.10. The largest absolute Gasteiger partial charge is 0.495 e. The minimum absolute atomic E-state index is 0.0835. The van der Waals surface area contributed by atoms with Gasteiger partial charge in [0.25, 0.3) is 0 Å². The summed E-state index contributed by atoms with van der Waals surface area (Å²) in [7, 11) is 1.50. The highest BCUT2D eigenvalue weighted by Gasteiger charge is 2.14. The van der Waals surface area contributed by atoms with Gasteiger partial charge < -0.3 is 20.5 Å². The normalized spacial score (nSPS) is 9.85. The minimum Gasteiger partial charge on any atom is -0.495 e. The average Bonchev–Trinajstić information content (AvgIpc) is 2.87. The van der Waals surface area contributed by atoms with Gasteiger partial charge in [-0.15, -0.1) is 11.3 Å². The van der Waals surface area contributed by atoms with Gasteiger partial charge in [0, 0.05) is 0 Å². The van der Waals surface area contributed by atoms with Gasteiger partial charge in [-0.2, -0.15) is 0 Å². The Hall–Kier alpha value is -2.54. The van der Waals surface area contributed by atoms with Crippen molar-refractivity contribution >= 4 is 34.7 Å². The van der Waals surface area contributed by atoms with Crippen molar-refractivity contribution in [3.63, 3.8) is 0 Å². The van der Waals surface area contributed by atoms with Gasteiger partial charge in [-0.25, -0.2) is 9.59 Å². The molecule has 0 aliphatic rings. The Morgan fingerprint density at radius 2 is 1.85 bits per heavy atom. The number of benzene rings is 1. The molecular formula is C13H12N2O4S. The molecule has 0 radical (unpaired) electrons. The molecule has 104 valence electrons. The van der Waals surface area contributed by atoms with Crippen LogP contribution >= 0.6 is 11.3 Å². The number of amides is 2. The van der Waals surface area contributed by atoms with Gasteiger partial charge in [0.2, 0.25) is 0 Å². The number of methoxy groups -OCH3 is 1. The van der Waals surface area contributed by atoms with Crippen molar-refractivity contribution in [2.45, 2.75) is 0 Å². The number of anilines is 2. The molecule has 2 rings (SSSR count). The average molecular weight is 292 g/mol. The third-order valence-electron chi connectivity index (χ3n) is 2.46. The third-order valence-corrected chi connectivity index (χ3v) is 3.37. The number of carbonyl (C=O) groups is 2. The fourth-order valence-electron chi connectivity index (χ4n) is 1.60. The number of hydrogen-bond donors (Lipinski definition) is 3. The zero-order valence-corrected chi connectivity index (χ0v) is 11.4. The Labute approximate surface area is 119 Å². The van der Waals surface area contributed by atoms with Crippen LogP contribution in [-0.4, -0.2) is 24.2 Å². The van der Waals surface area contributed by atoms with Gasteiger partial charge in [0.15, 0.2) is 0 Å². The van der Waals surface area contributed by atoms with E-state index in [-0.39, 0.29) is 10.6 Å². The van der Waals surface area contributed by atoms with Crippen molar-refractivity contribution in [3.05, 3.63) is 40.6 Å². The van der Waals surface area contributed by atoms with Crippen molar-refractivity contribution in [1.82, 2.24) is 0 Å². The standard InChI is InChI=1S/C13H12N2O4S/c1-19-10-5-3-2-4-8(10)14-13(18)15-9-6-7-20-11(9)12(16)17/h2-7H,1H3,(H,16,17)(H2,14,15,18). The van der Waals surface area contributed by atoms with Crippen molar-refractivity contribution in [1.29, 1.82) is 0 Å². The van der Waals surface area contributed by atoms with E-state index in [1.807, 2.05) is 0 Å². The summed E-state index contributed by atoms with van der Waals surface area (Å²) in [5, 5.41) is 15.7. The second-order valence-electron chi connectivity index (χ2n) is 3.75. The number of thiophene rings is 1. The molecule has 2 aromatic rings. The highest BCUT2D eigenvalue weighted by molar-refractivity contribution is 7.12. The molecule has 0 bridgehead atoms. The van der Waals surface area contributed by atoms with E-state index in [0.29, 0.717) is 11.4 Å². The Morgan fingerprint density at radius 1 is 1.15 bits per heavy atom. The summed E-state index contributed by atoms with van der Waals surface area (Å²) in [6.45, 7) is 0. The van der Waals surface area contributed by atoms with Crippen LogP contribution in [0.5, 0.6) is 5.75 Å². The third kappa shape index (κ3) is 3.07. The monoisotopic (exact) mass is 292 g/mol. The topological polar surface area (TPSA) is 87.7 Å². The number of carboxylic acid groups (broad SMARTS) is 1. The van der Waals surface area contributed by atoms with Crippen LogP contribution in [0.3, 0.4) is 0 Å². The molecule has 1 aromatic carbocycles. The molecule has 20 heavy (non-hydrogen) atoms. The summed E-state index contributed by atoms with van der Waals surface area (Å²) in [5.74, 6) is -0.556. The number of rotatable bonds is 4. The van der Waals surface area contributed by atoms with Crippen LogP contribution in [0.25, 0.3) is 0 Å². The molecule has 3 N–H and O–H groups in total. The molecule has 0 saturated carbocycles. The van der Waals surface area contributed by atoms with E-state index in [1.54, 1.807) is 29.6 Å². The lowest BCUT2D eigenvalue weighted by atomic mass is 10.3. The highest BCUT2D eigenvalue weighted by Crippen LogP contribution is 2.25. The lowest BCUT2D eigenvalue weighted by Crippen LogP contribution is -2.20. The van der Waals surface area contributed by atoms with Crippen LogP contribution in [0.4, 0.5) is 16.2 Å². The first-order valence-electron chi connectivity index (χ1n) is 5.63. The Morgan fingerprint density at radius 3 is 2.55 bits per heavy atom. The van der Waals surface area contributed by atoms with E-state index in [2.05, 4.69) is 10.6 Å². The number of ether oxygens (including phenoxy) is 1. The Bertz CT molecular complexity index is 639.